The molecule has 4 aromatic rings. The Labute approximate surface area is 218 Å². The lowest BCUT2D eigenvalue weighted by molar-refractivity contribution is -0.124. The Balaban J connectivity index is 1.39. The average molecular weight is 527 g/mol. The highest BCUT2D eigenvalue weighted by molar-refractivity contribution is 7.21. The highest BCUT2D eigenvalue weighted by Crippen LogP contribution is 2.32. The second kappa shape index (κ2) is 11.7. The summed E-state index contributed by atoms with van der Waals surface area (Å²) in [6.07, 6.45) is 1.77. The topological polar surface area (TPSA) is 68.3 Å². The number of carbonyl (C=O) groups is 2. The molecule has 0 aliphatic carbocycles. The van der Waals surface area contributed by atoms with Gasteiger partial charge in [0.2, 0.25) is 0 Å². The number of nitrogens with one attached hydrogen (secondary N) is 1. The number of ether oxygens (including phenoxy) is 1. The average Bonchev–Trinajstić information content (AvgIpc) is 3.29. The van der Waals surface area contributed by atoms with Gasteiger partial charge in [0, 0.05) is 28.1 Å². The van der Waals surface area contributed by atoms with E-state index < -0.39 is 5.97 Å². The van der Waals surface area contributed by atoms with Crippen LogP contribution >= 0.6 is 34.5 Å². The van der Waals surface area contributed by atoms with E-state index in [0.717, 1.165) is 33.6 Å². The molecular weight excluding hydrogens is 503 g/mol. The van der Waals surface area contributed by atoms with Crippen LogP contribution < -0.4 is 5.32 Å². The summed E-state index contributed by atoms with van der Waals surface area (Å²) in [4.78, 5) is 30.0. The Morgan fingerprint density at radius 1 is 1.06 bits per heavy atom. The van der Waals surface area contributed by atoms with E-state index in [2.05, 4.69) is 17.2 Å². The molecule has 0 bridgehead atoms. The molecule has 1 N–H and O–H groups in total. The van der Waals surface area contributed by atoms with Crippen molar-refractivity contribution in [2.45, 2.75) is 25.7 Å². The molecule has 180 valence electrons. The molecule has 5 nitrogen and oxygen atoms in total. The number of nitrogens with zero attached hydrogens (tertiary/aromatic N) is 1. The molecule has 1 heterocycles. The number of aromatic nitrogens is 1. The lowest BCUT2D eigenvalue weighted by Crippen LogP contribution is -2.32. The van der Waals surface area contributed by atoms with E-state index in [9.17, 15) is 9.59 Å². The second-order valence-electron chi connectivity index (χ2n) is 8.06. The van der Waals surface area contributed by atoms with Crippen molar-refractivity contribution in [1.29, 1.82) is 0 Å². The van der Waals surface area contributed by atoms with Crippen molar-refractivity contribution >= 4 is 56.6 Å². The Morgan fingerprint density at radius 3 is 2.60 bits per heavy atom. The van der Waals surface area contributed by atoms with Crippen molar-refractivity contribution in [3.63, 3.8) is 0 Å². The number of para-hydroxylation sites is 1. The van der Waals surface area contributed by atoms with E-state index in [-0.39, 0.29) is 18.4 Å². The molecule has 1 amide bonds. The molecule has 0 saturated heterocycles. The molecule has 1 atom stereocenters. The van der Waals surface area contributed by atoms with E-state index in [0.29, 0.717) is 27.7 Å². The maximum atomic E-state index is 12.8. The lowest BCUT2D eigenvalue weighted by Gasteiger charge is -2.19. The summed E-state index contributed by atoms with van der Waals surface area (Å²) < 4.78 is 6.38. The van der Waals surface area contributed by atoms with Crippen molar-refractivity contribution in [3.8, 4) is 10.6 Å². The Kier molecular flexibility index (Phi) is 8.39. The fourth-order valence-electron chi connectivity index (χ4n) is 3.88. The summed E-state index contributed by atoms with van der Waals surface area (Å²) in [5, 5.41) is 4.73. The van der Waals surface area contributed by atoms with Crippen molar-refractivity contribution in [2.24, 2.45) is 0 Å². The number of fused-ring (bicyclic) bond motifs is 1. The van der Waals surface area contributed by atoms with Crippen LogP contribution in [0.2, 0.25) is 10.0 Å². The van der Waals surface area contributed by atoms with Crippen LogP contribution in [0.5, 0.6) is 0 Å². The van der Waals surface area contributed by atoms with Crippen LogP contribution in [0.4, 0.5) is 0 Å². The normalized spacial score (nSPS) is 11.9. The standard InChI is InChI=1S/C27H24Cl2N2O3S/c1-2-7-17(19-13-12-18(28)14-22(19)29)15-30-25(32)16-34-27(33)21-9-4-3-8-20(21)26-31-23-10-5-6-11-24(23)35-26/h3-6,8-14,17H,2,7,15-16H2,1H3,(H,30,32). The van der Waals surface area contributed by atoms with Gasteiger partial charge < -0.3 is 10.1 Å². The third-order valence-electron chi connectivity index (χ3n) is 5.59. The Hall–Kier alpha value is -2.93. The van der Waals surface area contributed by atoms with Crippen molar-refractivity contribution in [1.82, 2.24) is 10.3 Å². The zero-order valence-corrected chi connectivity index (χ0v) is 21.4. The first kappa shape index (κ1) is 25.2. The number of thiazole rings is 1. The fourth-order valence-corrected chi connectivity index (χ4v) is 5.45. The fraction of sp³-hybridized carbons (Fsp3) is 0.222. The molecule has 1 unspecified atom stereocenters. The number of hydrogen-bond acceptors (Lipinski definition) is 5. The lowest BCUT2D eigenvalue weighted by atomic mass is 9.94. The third-order valence-corrected chi connectivity index (χ3v) is 7.22. The molecular formula is C27H24Cl2N2O3S. The Bertz CT molecular complexity index is 1320. The highest BCUT2D eigenvalue weighted by Gasteiger charge is 2.19. The van der Waals surface area contributed by atoms with Gasteiger partial charge in [-0.3, -0.25) is 4.79 Å². The maximum Gasteiger partial charge on any atom is 0.339 e. The second-order valence-corrected chi connectivity index (χ2v) is 9.94. The van der Waals surface area contributed by atoms with Gasteiger partial charge >= 0.3 is 5.97 Å². The van der Waals surface area contributed by atoms with Gasteiger partial charge in [0.1, 0.15) is 5.01 Å². The predicted octanol–water partition coefficient (Wildman–Crippen LogP) is 7.13. The minimum absolute atomic E-state index is 0.0316. The molecule has 4 rings (SSSR count). The molecule has 1 aromatic heterocycles. The molecule has 0 aliphatic rings. The van der Waals surface area contributed by atoms with Crippen LogP contribution in [0.25, 0.3) is 20.8 Å². The number of halogens is 2. The van der Waals surface area contributed by atoms with Crippen LogP contribution in [0.15, 0.2) is 66.7 Å². The summed E-state index contributed by atoms with van der Waals surface area (Å²) in [6, 6.07) is 20.3. The van der Waals surface area contributed by atoms with Crippen LogP contribution in [0.3, 0.4) is 0 Å². The van der Waals surface area contributed by atoms with Gasteiger partial charge in [0.15, 0.2) is 6.61 Å². The summed E-state index contributed by atoms with van der Waals surface area (Å²) in [7, 11) is 0. The molecule has 0 spiro atoms. The van der Waals surface area contributed by atoms with Crippen LogP contribution in [0.1, 0.15) is 41.6 Å². The van der Waals surface area contributed by atoms with E-state index in [1.54, 1.807) is 24.3 Å². The first-order chi connectivity index (χ1) is 17.0. The zero-order chi connectivity index (χ0) is 24.8. The van der Waals surface area contributed by atoms with Crippen molar-refractivity contribution < 1.29 is 14.3 Å². The summed E-state index contributed by atoms with van der Waals surface area (Å²) in [6.45, 7) is 2.08. The van der Waals surface area contributed by atoms with Gasteiger partial charge in [-0.05, 0) is 42.3 Å². The summed E-state index contributed by atoms with van der Waals surface area (Å²) in [5.41, 5.74) is 2.85. The molecule has 0 saturated carbocycles. The van der Waals surface area contributed by atoms with Crippen LogP contribution in [-0.4, -0.2) is 30.0 Å². The zero-order valence-electron chi connectivity index (χ0n) is 19.1. The summed E-state index contributed by atoms with van der Waals surface area (Å²) in [5.74, 6) is -0.910. The molecule has 0 radical (unpaired) electrons. The third kappa shape index (κ3) is 6.20. The molecule has 3 aromatic carbocycles. The van der Waals surface area contributed by atoms with Crippen LogP contribution in [0, 0.1) is 0 Å². The van der Waals surface area contributed by atoms with E-state index >= 15 is 0 Å². The first-order valence-corrected chi connectivity index (χ1v) is 12.9. The quantitative estimate of drug-likeness (QED) is 0.235. The van der Waals surface area contributed by atoms with Crippen LogP contribution in [-0.2, 0) is 9.53 Å². The summed E-state index contributed by atoms with van der Waals surface area (Å²) >= 11 is 13.9. The number of carbonyl (C=O) groups excluding carboxylic acids is 2. The van der Waals surface area contributed by atoms with Gasteiger partial charge in [0.05, 0.1) is 15.8 Å². The number of esters is 1. The molecule has 0 fully saturated rings. The van der Waals surface area contributed by atoms with Gasteiger partial charge in [-0.2, -0.15) is 0 Å². The largest absolute Gasteiger partial charge is 0.452 e. The van der Waals surface area contributed by atoms with E-state index in [1.807, 2.05) is 42.5 Å². The molecule has 8 heteroatoms. The minimum atomic E-state index is -0.569. The monoisotopic (exact) mass is 526 g/mol. The number of benzene rings is 3. The van der Waals surface area contributed by atoms with Gasteiger partial charge in [-0.1, -0.05) is 72.9 Å². The van der Waals surface area contributed by atoms with Gasteiger partial charge in [0.25, 0.3) is 5.91 Å². The number of rotatable bonds is 9. The minimum Gasteiger partial charge on any atom is -0.452 e. The first-order valence-electron chi connectivity index (χ1n) is 11.3. The number of hydrogen-bond donors (Lipinski definition) is 1. The predicted molar refractivity (Wildman–Crippen MR) is 142 cm³/mol. The molecule has 0 aliphatic heterocycles. The van der Waals surface area contributed by atoms with E-state index in [4.69, 9.17) is 27.9 Å². The van der Waals surface area contributed by atoms with E-state index in [1.165, 1.54) is 11.3 Å². The Morgan fingerprint density at radius 2 is 1.83 bits per heavy atom. The van der Waals surface area contributed by atoms with Gasteiger partial charge in [-0.25, -0.2) is 9.78 Å². The number of amides is 1. The maximum absolute atomic E-state index is 12.8. The van der Waals surface area contributed by atoms with Gasteiger partial charge in [-0.15, -0.1) is 11.3 Å². The van der Waals surface area contributed by atoms with Crippen molar-refractivity contribution in [2.75, 3.05) is 13.2 Å². The van der Waals surface area contributed by atoms with Crippen molar-refractivity contribution in [3.05, 3.63) is 87.9 Å². The SMILES string of the molecule is CCCC(CNC(=O)COC(=O)c1ccccc1-c1nc2ccccc2s1)c1ccc(Cl)cc1Cl. The highest BCUT2D eigenvalue weighted by atomic mass is 35.5. The molecule has 35 heavy (non-hydrogen) atoms. The smallest absolute Gasteiger partial charge is 0.339 e.